The second kappa shape index (κ2) is 9.41. The quantitative estimate of drug-likeness (QED) is 0.425. The van der Waals surface area contributed by atoms with Crippen LogP contribution in [0.25, 0.3) is 0 Å². The third-order valence-electron chi connectivity index (χ3n) is 4.91. The molecule has 0 amide bonds. The highest BCUT2D eigenvalue weighted by atomic mass is 16.5. The summed E-state index contributed by atoms with van der Waals surface area (Å²) in [6.45, 7) is 1.57. The van der Waals surface area contributed by atoms with Gasteiger partial charge in [0, 0.05) is 30.6 Å². The average Bonchev–Trinajstić information content (AvgIpc) is 2.77. The molecule has 1 atom stereocenters. The zero-order valence-electron chi connectivity index (χ0n) is 17.0. The van der Waals surface area contributed by atoms with E-state index in [0.29, 0.717) is 22.6 Å². The molecule has 8 nitrogen and oxygen atoms in total. The van der Waals surface area contributed by atoms with Crippen molar-refractivity contribution in [2.45, 2.75) is 18.9 Å². The lowest BCUT2D eigenvalue weighted by Crippen LogP contribution is -2.33. The number of hydrogen-bond donors (Lipinski definition) is 3. The number of Topliss-reactive ketones (excluding diaryl/α,β-unsaturated/α-hetero) is 3. The Labute approximate surface area is 174 Å². The number of rotatable bonds is 9. The number of methoxy groups -OCH3 is 2. The van der Waals surface area contributed by atoms with Crippen molar-refractivity contribution < 1.29 is 23.9 Å². The number of nitrogens with one attached hydrogen (secondary N) is 2. The van der Waals surface area contributed by atoms with Crippen LogP contribution in [0.15, 0.2) is 36.4 Å². The summed E-state index contributed by atoms with van der Waals surface area (Å²) < 4.78 is 10.3. The summed E-state index contributed by atoms with van der Waals surface area (Å²) in [6.07, 6.45) is -0.525. The fourth-order valence-corrected chi connectivity index (χ4v) is 3.31. The monoisotopic (exact) mass is 411 g/mol. The molecule has 0 spiro atoms. The summed E-state index contributed by atoms with van der Waals surface area (Å²) in [5.74, 6) is -0.210. The van der Waals surface area contributed by atoms with Gasteiger partial charge in [-0.1, -0.05) is 0 Å². The third-order valence-corrected chi connectivity index (χ3v) is 4.91. The lowest BCUT2D eigenvalue weighted by Gasteiger charge is -2.20. The van der Waals surface area contributed by atoms with E-state index in [9.17, 15) is 14.4 Å². The maximum atomic E-state index is 12.6. The molecule has 0 aromatic heterocycles. The minimum absolute atomic E-state index is 0.219. The van der Waals surface area contributed by atoms with Gasteiger partial charge in [0.1, 0.15) is 5.78 Å². The third kappa shape index (κ3) is 4.77. The van der Waals surface area contributed by atoms with Gasteiger partial charge in [0.2, 0.25) is 0 Å². The van der Waals surface area contributed by atoms with Gasteiger partial charge in [-0.3, -0.25) is 14.4 Å². The second-order valence-electron chi connectivity index (χ2n) is 7.00. The van der Waals surface area contributed by atoms with Crippen LogP contribution >= 0.6 is 0 Å². The predicted molar refractivity (Wildman–Crippen MR) is 114 cm³/mol. The van der Waals surface area contributed by atoms with Crippen LogP contribution in [0.5, 0.6) is 11.5 Å². The zero-order chi connectivity index (χ0) is 21.7. The molecule has 2 aromatic rings. The molecule has 1 aliphatic rings. The molecule has 3 rings (SSSR count). The average molecular weight is 411 g/mol. The summed E-state index contributed by atoms with van der Waals surface area (Å²) in [5.41, 5.74) is 8.46. The van der Waals surface area contributed by atoms with Crippen molar-refractivity contribution in [3.8, 4) is 11.5 Å². The van der Waals surface area contributed by atoms with E-state index in [4.69, 9.17) is 15.2 Å². The summed E-state index contributed by atoms with van der Waals surface area (Å²) in [6, 6.07) is 8.86. The van der Waals surface area contributed by atoms with E-state index in [1.165, 1.54) is 20.3 Å². The maximum Gasteiger partial charge on any atom is 0.180 e. The Morgan fingerprint density at radius 2 is 1.60 bits per heavy atom. The van der Waals surface area contributed by atoms with Gasteiger partial charge in [-0.15, -0.1) is 0 Å². The molecule has 0 radical (unpaired) electrons. The van der Waals surface area contributed by atoms with E-state index >= 15 is 0 Å². The fourth-order valence-electron chi connectivity index (χ4n) is 3.31. The number of benzene rings is 2. The number of ether oxygens (including phenoxy) is 2. The molecule has 2 aromatic carbocycles. The minimum Gasteiger partial charge on any atom is -0.493 e. The lowest BCUT2D eigenvalue weighted by molar-refractivity contribution is -0.118. The molecule has 1 aliphatic heterocycles. The van der Waals surface area contributed by atoms with Gasteiger partial charge < -0.3 is 25.8 Å². The molecule has 30 heavy (non-hydrogen) atoms. The molecule has 0 saturated carbocycles. The van der Waals surface area contributed by atoms with Crippen LogP contribution in [0.1, 0.15) is 33.6 Å². The Kier molecular flexibility index (Phi) is 6.68. The van der Waals surface area contributed by atoms with Crippen molar-refractivity contribution >= 4 is 28.7 Å². The highest BCUT2D eigenvalue weighted by Gasteiger charge is 2.22. The van der Waals surface area contributed by atoms with Crippen LogP contribution in [0.2, 0.25) is 0 Å². The molecule has 158 valence electrons. The van der Waals surface area contributed by atoms with Crippen LogP contribution in [0.4, 0.5) is 11.4 Å². The first kappa shape index (κ1) is 21.3. The second-order valence-corrected chi connectivity index (χ2v) is 7.00. The van der Waals surface area contributed by atoms with Gasteiger partial charge in [0.15, 0.2) is 23.1 Å². The van der Waals surface area contributed by atoms with E-state index < -0.39 is 11.8 Å². The highest BCUT2D eigenvalue weighted by Crippen LogP contribution is 2.28. The van der Waals surface area contributed by atoms with Gasteiger partial charge in [0.25, 0.3) is 0 Å². The predicted octanol–water partition coefficient (Wildman–Crippen LogP) is 2.28. The summed E-state index contributed by atoms with van der Waals surface area (Å²) in [7, 11) is 2.96. The smallest absolute Gasteiger partial charge is 0.180 e. The van der Waals surface area contributed by atoms with Crippen molar-refractivity contribution in [1.82, 2.24) is 0 Å². The van der Waals surface area contributed by atoms with Crippen LogP contribution in [0.3, 0.4) is 0 Å². The van der Waals surface area contributed by atoms with Gasteiger partial charge in [-0.05, 0) is 36.4 Å². The number of carbonyl (C=O) groups is 3. The molecule has 8 heteroatoms. The summed E-state index contributed by atoms with van der Waals surface area (Å²) >= 11 is 0. The Morgan fingerprint density at radius 3 is 2.30 bits per heavy atom. The van der Waals surface area contributed by atoms with Gasteiger partial charge in [0.05, 0.1) is 38.1 Å². The Hall–Kier alpha value is -3.39. The van der Waals surface area contributed by atoms with Crippen LogP contribution in [-0.2, 0) is 4.79 Å². The SMILES string of the molecule is COc1ccc(C(=O)C(N)CC(=O)CC(=O)c2ccc3c(c2)NCCN3)cc1OC. The van der Waals surface area contributed by atoms with Crippen LogP contribution in [0, 0.1) is 0 Å². The first-order chi connectivity index (χ1) is 14.4. The number of nitrogens with two attached hydrogens (primary N) is 1. The zero-order valence-corrected chi connectivity index (χ0v) is 17.0. The number of hydrogen-bond acceptors (Lipinski definition) is 8. The number of fused-ring (bicyclic) bond motifs is 1. The van der Waals surface area contributed by atoms with Crippen molar-refractivity contribution in [1.29, 1.82) is 0 Å². The standard InChI is InChI=1S/C22H25N3O5/c1-29-20-6-4-14(10-21(20)30-2)22(28)16(23)11-15(26)12-19(27)13-3-5-17-18(9-13)25-8-7-24-17/h3-6,9-10,16,24-25H,7-8,11-12,23H2,1-2H3. The van der Waals surface area contributed by atoms with Crippen molar-refractivity contribution in [3.63, 3.8) is 0 Å². The number of anilines is 2. The molecule has 0 bridgehead atoms. The maximum absolute atomic E-state index is 12.6. The summed E-state index contributed by atoms with van der Waals surface area (Å²) in [4.78, 5) is 37.4. The molecule has 1 heterocycles. The fraction of sp³-hybridized carbons (Fsp3) is 0.318. The molecule has 0 saturated heterocycles. The van der Waals surface area contributed by atoms with E-state index in [1.54, 1.807) is 24.3 Å². The lowest BCUT2D eigenvalue weighted by atomic mass is 9.96. The molecular weight excluding hydrogens is 386 g/mol. The van der Waals surface area contributed by atoms with E-state index in [1.807, 2.05) is 6.07 Å². The van der Waals surface area contributed by atoms with Gasteiger partial charge in [-0.25, -0.2) is 0 Å². The van der Waals surface area contributed by atoms with Gasteiger partial charge in [-0.2, -0.15) is 0 Å². The van der Waals surface area contributed by atoms with Gasteiger partial charge >= 0.3 is 0 Å². The molecule has 4 N–H and O–H groups in total. The molecule has 1 unspecified atom stereocenters. The number of ketones is 3. The molecule has 0 aliphatic carbocycles. The van der Waals surface area contributed by atoms with E-state index in [0.717, 1.165) is 24.5 Å². The topological polar surface area (TPSA) is 120 Å². The van der Waals surface area contributed by atoms with Crippen LogP contribution in [-0.4, -0.2) is 50.7 Å². The van der Waals surface area contributed by atoms with Crippen molar-refractivity contribution in [2.24, 2.45) is 5.73 Å². The molecular formula is C22H25N3O5. The van der Waals surface area contributed by atoms with E-state index in [2.05, 4.69) is 10.6 Å². The Morgan fingerprint density at radius 1 is 0.933 bits per heavy atom. The minimum atomic E-state index is -1.04. The normalized spacial score (nSPS) is 13.3. The Bertz CT molecular complexity index is 973. The highest BCUT2D eigenvalue weighted by molar-refractivity contribution is 6.10. The van der Waals surface area contributed by atoms with Crippen LogP contribution < -0.4 is 25.8 Å². The van der Waals surface area contributed by atoms with Crippen molar-refractivity contribution in [2.75, 3.05) is 37.9 Å². The summed E-state index contributed by atoms with van der Waals surface area (Å²) in [5, 5.41) is 6.44. The van der Waals surface area contributed by atoms with E-state index in [-0.39, 0.29) is 24.4 Å². The number of carbonyl (C=O) groups excluding carboxylic acids is 3. The molecule has 0 fully saturated rings. The largest absolute Gasteiger partial charge is 0.493 e. The first-order valence-corrected chi connectivity index (χ1v) is 9.61. The Balaban J connectivity index is 1.61. The van der Waals surface area contributed by atoms with Crippen molar-refractivity contribution in [3.05, 3.63) is 47.5 Å². The first-order valence-electron chi connectivity index (χ1n) is 9.61.